The van der Waals surface area contributed by atoms with Crippen molar-refractivity contribution in [1.29, 1.82) is 0 Å². The average molecular weight is 405 g/mol. The van der Waals surface area contributed by atoms with Crippen molar-refractivity contribution in [1.82, 2.24) is 0 Å². The minimum atomic E-state index is -1.62. The van der Waals surface area contributed by atoms with Crippen LogP contribution in [0.25, 0.3) is 0 Å². The predicted octanol–water partition coefficient (Wildman–Crippen LogP) is 6.85. The van der Waals surface area contributed by atoms with Gasteiger partial charge in [-0.1, -0.05) is 55.4 Å². The van der Waals surface area contributed by atoms with Gasteiger partial charge in [-0.15, -0.1) is 0 Å². The van der Waals surface area contributed by atoms with Crippen LogP contribution in [0.1, 0.15) is 68.2 Å². The number of hydrogen-bond acceptors (Lipinski definition) is 3. The Morgan fingerprint density at radius 2 is 1.38 bits per heavy atom. The fraction of sp³-hybridized carbons (Fsp3) is 1.00. The van der Waals surface area contributed by atoms with E-state index < -0.39 is 16.6 Å². The fourth-order valence-electron chi connectivity index (χ4n) is 2.86. The number of ether oxygens (including phenoxy) is 1. The second-order valence-electron chi connectivity index (χ2n) is 9.51. The highest BCUT2D eigenvalue weighted by atomic mass is 28.4. The van der Waals surface area contributed by atoms with E-state index in [0.29, 0.717) is 12.0 Å². The third-order valence-corrected chi connectivity index (χ3v) is 15.5. The van der Waals surface area contributed by atoms with E-state index in [1.54, 1.807) is 0 Å². The Hall–Kier alpha value is 0.314. The first-order valence-corrected chi connectivity index (χ1v) is 16.3. The Labute approximate surface area is 166 Å². The van der Waals surface area contributed by atoms with Crippen molar-refractivity contribution in [3.8, 4) is 0 Å². The van der Waals surface area contributed by atoms with Crippen molar-refractivity contribution >= 4 is 16.6 Å². The molecule has 0 spiro atoms. The molecule has 0 aromatic rings. The van der Waals surface area contributed by atoms with Crippen molar-refractivity contribution in [2.75, 3.05) is 19.8 Å². The van der Waals surface area contributed by atoms with Gasteiger partial charge in [-0.25, -0.2) is 0 Å². The number of hydrogen-bond donors (Lipinski definition) is 0. The highest BCUT2D eigenvalue weighted by Crippen LogP contribution is 2.36. The summed E-state index contributed by atoms with van der Waals surface area (Å²) in [5.74, 6) is 0.553. The van der Waals surface area contributed by atoms with Crippen LogP contribution in [0.2, 0.25) is 36.3 Å². The number of rotatable bonds is 14. The van der Waals surface area contributed by atoms with E-state index in [1.807, 2.05) is 0 Å². The lowest BCUT2D eigenvalue weighted by Gasteiger charge is -2.36. The van der Waals surface area contributed by atoms with Crippen LogP contribution in [0.5, 0.6) is 0 Å². The van der Waals surface area contributed by atoms with Gasteiger partial charge in [-0.3, -0.25) is 0 Å². The second-order valence-corrected chi connectivity index (χ2v) is 19.0. The molecule has 0 amide bonds. The monoisotopic (exact) mass is 404 g/mol. The van der Waals surface area contributed by atoms with Crippen LogP contribution in [-0.2, 0) is 13.6 Å². The van der Waals surface area contributed by atoms with E-state index in [4.69, 9.17) is 13.6 Å². The Kier molecular flexibility index (Phi) is 12.1. The molecule has 1 atom stereocenters. The molecule has 0 radical (unpaired) electrons. The topological polar surface area (TPSA) is 27.7 Å². The summed E-state index contributed by atoms with van der Waals surface area (Å²) < 4.78 is 18.8. The first kappa shape index (κ1) is 26.3. The molecule has 3 nitrogen and oxygen atoms in total. The van der Waals surface area contributed by atoms with Gasteiger partial charge in [0.05, 0.1) is 0 Å². The van der Waals surface area contributed by atoms with Gasteiger partial charge in [0.25, 0.3) is 0 Å². The highest BCUT2D eigenvalue weighted by Gasteiger charge is 2.36. The predicted molar refractivity (Wildman–Crippen MR) is 120 cm³/mol. The minimum Gasteiger partial charge on any atom is -0.417 e. The lowest BCUT2D eigenvalue weighted by atomic mass is 10.1. The Balaban J connectivity index is 4.16. The summed E-state index contributed by atoms with van der Waals surface area (Å²) in [7, 11) is -3.15. The largest absolute Gasteiger partial charge is 0.417 e. The summed E-state index contributed by atoms with van der Waals surface area (Å²) in [4.78, 5) is 0. The van der Waals surface area contributed by atoms with Crippen LogP contribution in [0.3, 0.4) is 0 Å². The quantitative estimate of drug-likeness (QED) is 0.234. The molecule has 1 unspecified atom stereocenters. The molecular weight excluding hydrogens is 356 g/mol. The van der Waals surface area contributed by atoms with Gasteiger partial charge in [-0.2, -0.15) is 0 Å². The summed E-state index contributed by atoms with van der Waals surface area (Å²) in [6, 6.07) is 3.65. The normalized spacial score (nSPS) is 14.9. The average Bonchev–Trinajstić information content (AvgIpc) is 2.56. The van der Waals surface area contributed by atoms with E-state index in [0.717, 1.165) is 32.7 Å². The van der Waals surface area contributed by atoms with Crippen LogP contribution in [0, 0.1) is 5.92 Å². The molecule has 0 rings (SSSR count). The lowest BCUT2D eigenvalue weighted by molar-refractivity contribution is 0.0620. The summed E-state index contributed by atoms with van der Waals surface area (Å²) in [5.41, 5.74) is 0. The molecule has 0 aromatic carbocycles. The van der Waals surface area contributed by atoms with Crippen molar-refractivity contribution in [3.63, 3.8) is 0 Å². The maximum Gasteiger partial charge on any atom is 0.192 e. The van der Waals surface area contributed by atoms with Gasteiger partial charge in [-0.05, 0) is 55.0 Å². The maximum absolute atomic E-state index is 6.70. The molecule has 158 valence electrons. The fourth-order valence-corrected chi connectivity index (χ4v) is 6.98. The summed E-state index contributed by atoms with van der Waals surface area (Å²) in [5, 5.41) is 0.282. The van der Waals surface area contributed by atoms with Gasteiger partial charge in [0, 0.05) is 25.9 Å². The smallest absolute Gasteiger partial charge is 0.192 e. The van der Waals surface area contributed by atoms with Crippen molar-refractivity contribution in [2.45, 2.75) is 111 Å². The molecule has 0 saturated carbocycles. The van der Waals surface area contributed by atoms with Crippen LogP contribution >= 0.6 is 0 Å². The van der Waals surface area contributed by atoms with Crippen molar-refractivity contribution in [3.05, 3.63) is 0 Å². The van der Waals surface area contributed by atoms with Gasteiger partial charge in [0.1, 0.15) is 0 Å². The summed E-state index contributed by atoms with van der Waals surface area (Å²) >= 11 is 0. The molecule has 0 fully saturated rings. The molecular formula is C21H48O3Si2. The van der Waals surface area contributed by atoms with E-state index in [2.05, 4.69) is 68.5 Å². The van der Waals surface area contributed by atoms with Gasteiger partial charge >= 0.3 is 0 Å². The van der Waals surface area contributed by atoms with E-state index in [1.165, 1.54) is 18.1 Å². The van der Waals surface area contributed by atoms with Crippen molar-refractivity contribution < 1.29 is 13.6 Å². The zero-order chi connectivity index (χ0) is 20.4. The van der Waals surface area contributed by atoms with Crippen molar-refractivity contribution in [2.24, 2.45) is 5.92 Å². The Morgan fingerprint density at radius 1 is 0.846 bits per heavy atom. The molecule has 5 heteroatoms. The van der Waals surface area contributed by atoms with E-state index >= 15 is 0 Å². The summed E-state index contributed by atoms with van der Waals surface area (Å²) in [6.45, 7) is 25.3. The van der Waals surface area contributed by atoms with Gasteiger partial charge in [0.15, 0.2) is 16.6 Å². The highest BCUT2D eigenvalue weighted by molar-refractivity contribution is 6.74. The van der Waals surface area contributed by atoms with Gasteiger partial charge in [0.2, 0.25) is 0 Å². The van der Waals surface area contributed by atoms with Gasteiger partial charge < -0.3 is 13.6 Å². The lowest BCUT2D eigenvalue weighted by Crippen LogP contribution is -2.42. The summed E-state index contributed by atoms with van der Waals surface area (Å²) in [6.07, 6.45) is 2.33. The molecule has 0 bridgehead atoms. The molecule has 26 heavy (non-hydrogen) atoms. The molecule has 0 aromatic heterocycles. The Morgan fingerprint density at radius 3 is 1.81 bits per heavy atom. The minimum absolute atomic E-state index is 0.282. The van der Waals surface area contributed by atoms with Crippen LogP contribution < -0.4 is 0 Å². The zero-order valence-electron chi connectivity index (χ0n) is 19.5. The molecule has 0 heterocycles. The SMILES string of the molecule is CC[Si](CC)(CC)OC(CCOCCCO[Si](C)(C)C(C)(C)C)C(C)C. The molecule has 0 N–H and O–H groups in total. The van der Waals surface area contributed by atoms with E-state index in [-0.39, 0.29) is 5.04 Å². The molecule has 0 aliphatic carbocycles. The zero-order valence-corrected chi connectivity index (χ0v) is 21.5. The van der Waals surface area contributed by atoms with Crippen LogP contribution in [0.15, 0.2) is 0 Å². The Bertz CT molecular complexity index is 352. The molecule has 0 aliphatic heterocycles. The third-order valence-electron chi connectivity index (χ3n) is 6.33. The van der Waals surface area contributed by atoms with Crippen LogP contribution in [-0.4, -0.2) is 42.6 Å². The van der Waals surface area contributed by atoms with E-state index in [9.17, 15) is 0 Å². The molecule has 0 saturated heterocycles. The third kappa shape index (κ3) is 9.00. The standard InChI is InChI=1S/C21H48O3Si2/c1-11-26(12-2,13-3)24-20(19(4)5)15-18-22-16-14-17-23-25(9,10)21(6,7)8/h19-20H,11-18H2,1-10H3. The van der Waals surface area contributed by atoms with Crippen LogP contribution in [0.4, 0.5) is 0 Å². The first-order chi connectivity index (χ1) is 11.9. The maximum atomic E-state index is 6.70. The first-order valence-electron chi connectivity index (χ1n) is 10.8. The second kappa shape index (κ2) is 12.0. The molecule has 0 aliphatic rings.